The molecule has 0 radical (unpaired) electrons. The number of aromatic nitrogens is 4. The van der Waals surface area contributed by atoms with Crippen LogP contribution in [0.5, 0.6) is 0 Å². The third-order valence-electron chi connectivity index (χ3n) is 3.01. The van der Waals surface area contributed by atoms with E-state index in [1.807, 2.05) is 54.6 Å². The molecule has 0 aliphatic rings. The van der Waals surface area contributed by atoms with Crippen molar-refractivity contribution >= 4 is 17.0 Å². The molecule has 2 aromatic carbocycles. The molecule has 22 heavy (non-hydrogen) atoms. The van der Waals surface area contributed by atoms with Crippen molar-refractivity contribution in [1.29, 1.82) is 0 Å². The summed E-state index contributed by atoms with van der Waals surface area (Å²) in [6, 6.07) is 18.1. The molecule has 4 rings (SSSR count). The average molecular weight is 333 g/mol. The van der Waals surface area contributed by atoms with E-state index >= 15 is 0 Å². The Bertz CT molecular complexity index is 770. The Kier molecular flexibility index (Phi) is 5.47. The minimum atomic E-state index is 0. The fraction of sp³-hybridized carbons (Fsp3) is 0.0625. The summed E-state index contributed by atoms with van der Waals surface area (Å²) >= 11 is 0. The van der Waals surface area contributed by atoms with E-state index in [2.05, 4.69) is 19.9 Å². The molecule has 0 aliphatic carbocycles. The Balaban J connectivity index is 0.000000253. The summed E-state index contributed by atoms with van der Waals surface area (Å²) in [5.41, 5.74) is 8.30. The molecule has 0 bridgehead atoms. The van der Waals surface area contributed by atoms with Gasteiger partial charge in [0, 0.05) is 0 Å². The number of anilines is 1. The van der Waals surface area contributed by atoms with Crippen LogP contribution in [0.2, 0.25) is 0 Å². The largest absolute Gasteiger partial charge is 2.00 e. The van der Waals surface area contributed by atoms with Gasteiger partial charge in [0.15, 0.2) is 11.5 Å². The van der Waals surface area contributed by atoms with Gasteiger partial charge in [-0.25, -0.2) is 39.2 Å². The molecular weight excluding hydrogens is 318 g/mol. The number of hydrogen-bond acceptors (Lipinski definition) is 4. The summed E-state index contributed by atoms with van der Waals surface area (Å²) in [5.74, 6) is 1.15. The van der Waals surface area contributed by atoms with Gasteiger partial charge in [-0.2, -0.15) is 35.9 Å². The van der Waals surface area contributed by atoms with Crippen molar-refractivity contribution in [2.24, 2.45) is 0 Å². The summed E-state index contributed by atoms with van der Waals surface area (Å²) in [6.07, 6.45) is 2.25. The number of H-pyrrole nitrogens is 1. The first-order valence-electron chi connectivity index (χ1n) is 6.65. The van der Waals surface area contributed by atoms with Crippen LogP contribution in [0.4, 0.5) is 5.82 Å². The molecule has 3 N–H and O–H groups in total. The molecule has 4 aromatic rings. The molecular formula is C16H15FeN5. The number of nitrogens with two attached hydrogens (primary N) is 1. The number of nitrogen functional groups attached to an aromatic ring is 1. The van der Waals surface area contributed by atoms with Crippen molar-refractivity contribution in [3.63, 3.8) is 0 Å². The normalized spacial score (nSPS) is 9.82. The number of imidazole rings is 1. The monoisotopic (exact) mass is 333 g/mol. The first-order valence-corrected chi connectivity index (χ1v) is 6.65. The first-order chi connectivity index (χ1) is 10.3. The van der Waals surface area contributed by atoms with E-state index in [9.17, 15) is 0 Å². The third kappa shape index (κ3) is 3.81. The molecule has 2 aromatic heterocycles. The number of fused-ring (bicyclic) bond motifs is 1. The Morgan fingerprint density at radius 2 is 1.82 bits per heavy atom. The zero-order chi connectivity index (χ0) is 14.5. The first kappa shape index (κ1) is 15.9. The van der Waals surface area contributed by atoms with Gasteiger partial charge in [-0.05, 0) is 6.42 Å². The standard InChI is InChI=1S/C11H10N5.C5H5.Fe/c12-10-9-11(14-6-13-9)16-8(15-10)5-7-3-1-2-4-7;1-2-4-5-3-1;/h1-4,6H,5H2,(H3,12,13,14,15,16);1-5H;/q2*-1;+2. The van der Waals surface area contributed by atoms with Crippen molar-refractivity contribution in [1.82, 2.24) is 19.9 Å². The smallest absolute Gasteiger partial charge is 0.382 e. The van der Waals surface area contributed by atoms with Crippen LogP contribution in [0.25, 0.3) is 11.2 Å². The fourth-order valence-electron chi connectivity index (χ4n) is 2.02. The van der Waals surface area contributed by atoms with Gasteiger partial charge in [-0.1, -0.05) is 0 Å². The van der Waals surface area contributed by atoms with Crippen molar-refractivity contribution in [2.75, 3.05) is 5.73 Å². The van der Waals surface area contributed by atoms with Crippen LogP contribution in [0.3, 0.4) is 0 Å². The number of hydrogen-bond donors (Lipinski definition) is 2. The van der Waals surface area contributed by atoms with E-state index < -0.39 is 0 Å². The van der Waals surface area contributed by atoms with E-state index in [1.54, 1.807) is 6.33 Å². The average Bonchev–Trinajstić information content (AvgIpc) is 3.23. The molecule has 0 fully saturated rings. The zero-order valence-corrected chi connectivity index (χ0v) is 12.9. The van der Waals surface area contributed by atoms with E-state index in [4.69, 9.17) is 5.73 Å². The maximum absolute atomic E-state index is 5.81. The third-order valence-corrected chi connectivity index (χ3v) is 3.01. The van der Waals surface area contributed by atoms with Crippen LogP contribution in [0.1, 0.15) is 11.4 Å². The minimum absolute atomic E-state index is 0. The van der Waals surface area contributed by atoms with Crippen LogP contribution >= 0.6 is 0 Å². The molecule has 0 saturated carbocycles. The maximum atomic E-state index is 5.81. The Morgan fingerprint density at radius 1 is 1.09 bits per heavy atom. The second-order valence-corrected chi connectivity index (χ2v) is 4.56. The Hall–Kier alpha value is -2.43. The topological polar surface area (TPSA) is 80.5 Å². The molecule has 0 aliphatic heterocycles. The van der Waals surface area contributed by atoms with E-state index in [1.165, 1.54) is 5.56 Å². The van der Waals surface area contributed by atoms with Gasteiger partial charge >= 0.3 is 17.1 Å². The molecule has 5 nitrogen and oxygen atoms in total. The van der Waals surface area contributed by atoms with Crippen molar-refractivity contribution in [3.05, 3.63) is 72.3 Å². The molecule has 0 spiro atoms. The Morgan fingerprint density at radius 3 is 2.45 bits per heavy atom. The van der Waals surface area contributed by atoms with E-state index in [-0.39, 0.29) is 17.1 Å². The molecule has 0 atom stereocenters. The minimum Gasteiger partial charge on any atom is -0.382 e. The number of rotatable bonds is 2. The van der Waals surface area contributed by atoms with Gasteiger partial charge in [-0.15, -0.1) is 0 Å². The molecule has 0 amide bonds. The van der Waals surface area contributed by atoms with Crippen molar-refractivity contribution in [3.8, 4) is 0 Å². The number of nitrogens with zero attached hydrogens (tertiary/aromatic N) is 3. The number of nitrogens with one attached hydrogen (secondary N) is 1. The SMILES string of the molecule is Nc1nc(C[c-]2cccc2)nc2nc[nH]c12.[Fe+2].c1cc[cH-]c1. The number of aromatic amines is 1. The molecule has 0 saturated heterocycles. The summed E-state index contributed by atoms with van der Waals surface area (Å²) in [5, 5.41) is 0. The van der Waals surface area contributed by atoms with Crippen LogP contribution < -0.4 is 5.73 Å². The van der Waals surface area contributed by atoms with Gasteiger partial charge in [0.2, 0.25) is 0 Å². The maximum Gasteiger partial charge on any atom is 2.00 e. The van der Waals surface area contributed by atoms with Gasteiger partial charge in [0.25, 0.3) is 0 Å². The van der Waals surface area contributed by atoms with Gasteiger partial charge in [0.1, 0.15) is 11.3 Å². The predicted octanol–water partition coefficient (Wildman–Crippen LogP) is 2.65. The summed E-state index contributed by atoms with van der Waals surface area (Å²) in [4.78, 5) is 15.6. The van der Waals surface area contributed by atoms with E-state index in [0.717, 1.165) is 0 Å². The van der Waals surface area contributed by atoms with Crippen LogP contribution in [0, 0.1) is 0 Å². The predicted molar refractivity (Wildman–Crippen MR) is 83.0 cm³/mol. The quantitative estimate of drug-likeness (QED) is 0.437. The summed E-state index contributed by atoms with van der Waals surface area (Å²) < 4.78 is 0. The van der Waals surface area contributed by atoms with Gasteiger partial charge < -0.3 is 10.7 Å². The van der Waals surface area contributed by atoms with Crippen molar-refractivity contribution < 1.29 is 17.1 Å². The van der Waals surface area contributed by atoms with Gasteiger partial charge in [-0.3, -0.25) is 0 Å². The van der Waals surface area contributed by atoms with Crippen LogP contribution in [0.15, 0.2) is 60.9 Å². The second kappa shape index (κ2) is 7.54. The van der Waals surface area contributed by atoms with Crippen LogP contribution in [-0.2, 0) is 23.5 Å². The fourth-order valence-corrected chi connectivity index (χ4v) is 2.02. The molecule has 2 heterocycles. The molecule has 6 heteroatoms. The zero-order valence-electron chi connectivity index (χ0n) is 11.8. The summed E-state index contributed by atoms with van der Waals surface area (Å²) in [7, 11) is 0. The van der Waals surface area contributed by atoms with Crippen molar-refractivity contribution in [2.45, 2.75) is 6.42 Å². The second-order valence-electron chi connectivity index (χ2n) is 4.56. The van der Waals surface area contributed by atoms with E-state index in [0.29, 0.717) is 29.2 Å². The Labute approximate surface area is 138 Å². The van der Waals surface area contributed by atoms with Gasteiger partial charge in [0.05, 0.1) is 6.33 Å². The van der Waals surface area contributed by atoms with Crippen LogP contribution in [-0.4, -0.2) is 19.9 Å². The molecule has 112 valence electrons. The summed E-state index contributed by atoms with van der Waals surface area (Å²) in [6.45, 7) is 0. The molecule has 0 unspecified atom stereocenters.